The molecule has 4 rings (SSSR count). The van der Waals surface area contributed by atoms with Gasteiger partial charge >= 0.3 is 5.97 Å². The molecule has 1 fully saturated rings. The first-order valence-electron chi connectivity index (χ1n) is 13.5. The number of aliphatic hydroxyl groups is 1. The highest BCUT2D eigenvalue weighted by molar-refractivity contribution is 5.77. The van der Waals surface area contributed by atoms with E-state index in [9.17, 15) is 14.7 Å². The number of ether oxygens (including phenoxy) is 2. The van der Waals surface area contributed by atoms with Crippen LogP contribution in [0.2, 0.25) is 0 Å². The number of hydrogen-bond acceptors (Lipinski definition) is 7. The number of unbranched alkanes of at least 4 members (excludes halogenated alkanes) is 1. The highest BCUT2D eigenvalue weighted by Gasteiger charge is 2.46. The first-order chi connectivity index (χ1) is 18.0. The normalized spacial score (nSPS) is 17.4. The van der Waals surface area contributed by atoms with E-state index in [1.165, 1.54) is 5.56 Å². The monoisotopic (exact) mass is 509 g/mol. The molecule has 2 aliphatic rings. The van der Waals surface area contributed by atoms with Gasteiger partial charge in [-0.3, -0.25) is 4.79 Å². The summed E-state index contributed by atoms with van der Waals surface area (Å²) in [5.74, 6) is 0.529. The Morgan fingerprint density at radius 1 is 1.14 bits per heavy atom. The van der Waals surface area contributed by atoms with Crippen LogP contribution in [0.3, 0.4) is 0 Å². The molecule has 1 unspecified atom stereocenters. The maximum Gasteiger partial charge on any atom is 0.338 e. The molecule has 2 aromatic rings. The zero-order valence-corrected chi connectivity index (χ0v) is 21.8. The van der Waals surface area contributed by atoms with Crippen LogP contribution in [0.1, 0.15) is 62.3 Å². The fourth-order valence-corrected chi connectivity index (χ4v) is 5.07. The lowest BCUT2D eigenvalue weighted by molar-refractivity contribution is -0.186. The van der Waals surface area contributed by atoms with Gasteiger partial charge in [0.15, 0.2) is 6.10 Å². The number of hydrogen-bond donors (Lipinski definition) is 2. The third-order valence-corrected chi connectivity index (χ3v) is 7.26. The van der Waals surface area contributed by atoms with Gasteiger partial charge in [0.1, 0.15) is 11.4 Å². The van der Waals surface area contributed by atoms with Crippen LogP contribution in [0.15, 0.2) is 42.5 Å². The van der Waals surface area contributed by atoms with Crippen molar-refractivity contribution in [2.45, 2.75) is 76.6 Å². The number of nitrogens with one attached hydrogen (secondary N) is 1. The Bertz CT molecular complexity index is 1040. The Balaban J connectivity index is 1.23. The summed E-state index contributed by atoms with van der Waals surface area (Å²) in [6.45, 7) is 3.89. The standard InChI is InChI=1S/C29H39N3O5/c1-2-36-28(34)26(37-21-22-9-4-3-5-10-22)29(35)16-19-32(20-17-29)25(33)13-7-6-12-24-15-14-23-11-8-18-30-27(23)31-24/h3-5,9-10,14-15,26,35H,2,6-8,11-13,16-21H2,1H3,(H,30,31). The van der Waals surface area contributed by atoms with E-state index in [1.54, 1.807) is 11.8 Å². The summed E-state index contributed by atoms with van der Waals surface area (Å²) in [5.41, 5.74) is 1.88. The first kappa shape index (κ1) is 27.1. The van der Waals surface area contributed by atoms with Crippen LogP contribution >= 0.6 is 0 Å². The summed E-state index contributed by atoms with van der Waals surface area (Å²) in [7, 11) is 0. The highest BCUT2D eigenvalue weighted by atomic mass is 16.6. The largest absolute Gasteiger partial charge is 0.464 e. The third kappa shape index (κ3) is 7.29. The number of aryl methyl sites for hydroxylation is 2. The smallest absolute Gasteiger partial charge is 0.338 e. The molecule has 8 heteroatoms. The predicted octanol–water partition coefficient (Wildman–Crippen LogP) is 3.65. The van der Waals surface area contributed by atoms with Crippen molar-refractivity contribution >= 4 is 17.7 Å². The molecule has 0 bridgehead atoms. The molecule has 200 valence electrons. The molecule has 1 amide bonds. The molecule has 1 atom stereocenters. The molecule has 0 aliphatic carbocycles. The second kappa shape index (κ2) is 13.0. The van der Waals surface area contributed by atoms with Crippen molar-refractivity contribution in [2.24, 2.45) is 0 Å². The van der Waals surface area contributed by atoms with E-state index >= 15 is 0 Å². The van der Waals surface area contributed by atoms with Crippen molar-refractivity contribution < 1.29 is 24.2 Å². The molecule has 0 spiro atoms. The summed E-state index contributed by atoms with van der Waals surface area (Å²) in [4.78, 5) is 32.0. The molecule has 1 aromatic carbocycles. The molecule has 0 radical (unpaired) electrons. The lowest BCUT2D eigenvalue weighted by Gasteiger charge is -2.41. The van der Waals surface area contributed by atoms with E-state index < -0.39 is 17.7 Å². The number of fused-ring (bicyclic) bond motifs is 1. The minimum absolute atomic E-state index is 0.0833. The van der Waals surface area contributed by atoms with Crippen LogP contribution in [0.5, 0.6) is 0 Å². The fourth-order valence-electron chi connectivity index (χ4n) is 5.07. The average molecular weight is 510 g/mol. The zero-order chi connectivity index (χ0) is 26.1. The molecule has 2 aliphatic heterocycles. The SMILES string of the molecule is CCOC(=O)C(OCc1ccccc1)C1(O)CCN(C(=O)CCCCc2ccc3c(n2)NCCC3)CC1. The summed E-state index contributed by atoms with van der Waals surface area (Å²) in [5, 5.41) is 14.7. The van der Waals surface area contributed by atoms with Crippen LogP contribution < -0.4 is 5.32 Å². The van der Waals surface area contributed by atoms with E-state index in [2.05, 4.69) is 17.4 Å². The summed E-state index contributed by atoms with van der Waals surface area (Å²) < 4.78 is 11.1. The Labute approximate surface area is 219 Å². The summed E-state index contributed by atoms with van der Waals surface area (Å²) in [6.07, 6.45) is 4.67. The van der Waals surface area contributed by atoms with Crippen molar-refractivity contribution in [1.29, 1.82) is 0 Å². The van der Waals surface area contributed by atoms with Gasteiger partial charge in [0.05, 0.1) is 13.2 Å². The van der Waals surface area contributed by atoms with Gasteiger partial charge < -0.3 is 24.8 Å². The Morgan fingerprint density at radius 2 is 1.92 bits per heavy atom. The molecule has 37 heavy (non-hydrogen) atoms. The van der Waals surface area contributed by atoms with E-state index in [4.69, 9.17) is 14.5 Å². The Morgan fingerprint density at radius 3 is 2.68 bits per heavy atom. The quantitative estimate of drug-likeness (QED) is 0.352. The second-order valence-corrected chi connectivity index (χ2v) is 9.96. The maximum absolute atomic E-state index is 12.8. The van der Waals surface area contributed by atoms with Gasteiger partial charge in [-0.15, -0.1) is 0 Å². The van der Waals surface area contributed by atoms with E-state index in [1.807, 2.05) is 30.3 Å². The van der Waals surface area contributed by atoms with Gasteiger partial charge in [0, 0.05) is 31.7 Å². The number of benzene rings is 1. The Hall–Kier alpha value is -2.97. The average Bonchev–Trinajstić information content (AvgIpc) is 2.92. The Kier molecular flexibility index (Phi) is 9.52. The molecular weight excluding hydrogens is 470 g/mol. The minimum atomic E-state index is -1.37. The number of carbonyl (C=O) groups excluding carboxylic acids is 2. The van der Waals surface area contributed by atoms with Gasteiger partial charge in [-0.2, -0.15) is 0 Å². The fraction of sp³-hybridized carbons (Fsp3) is 0.552. The minimum Gasteiger partial charge on any atom is -0.464 e. The van der Waals surface area contributed by atoms with Gasteiger partial charge in [-0.05, 0) is 69.1 Å². The molecule has 1 saturated heterocycles. The second-order valence-electron chi connectivity index (χ2n) is 9.96. The lowest BCUT2D eigenvalue weighted by atomic mass is 9.85. The number of carbonyl (C=O) groups is 2. The van der Waals surface area contributed by atoms with E-state index in [0.717, 1.165) is 55.7 Å². The number of esters is 1. The number of anilines is 1. The molecule has 2 N–H and O–H groups in total. The van der Waals surface area contributed by atoms with Crippen LogP contribution in [0, 0.1) is 0 Å². The maximum atomic E-state index is 12.8. The topological polar surface area (TPSA) is 101 Å². The first-order valence-corrected chi connectivity index (χ1v) is 13.5. The number of likely N-dealkylation sites (tertiary alicyclic amines) is 1. The lowest BCUT2D eigenvalue weighted by Crippen LogP contribution is -2.56. The summed E-state index contributed by atoms with van der Waals surface area (Å²) in [6, 6.07) is 13.8. The van der Waals surface area contributed by atoms with E-state index in [0.29, 0.717) is 19.5 Å². The van der Waals surface area contributed by atoms with Crippen LogP contribution in [-0.4, -0.2) is 64.8 Å². The molecule has 1 aromatic heterocycles. The van der Waals surface area contributed by atoms with Gasteiger partial charge in [-0.25, -0.2) is 9.78 Å². The van der Waals surface area contributed by atoms with Crippen molar-refractivity contribution in [1.82, 2.24) is 9.88 Å². The van der Waals surface area contributed by atoms with Gasteiger partial charge in [0.2, 0.25) is 5.91 Å². The third-order valence-electron chi connectivity index (χ3n) is 7.26. The van der Waals surface area contributed by atoms with Gasteiger partial charge in [-0.1, -0.05) is 36.4 Å². The summed E-state index contributed by atoms with van der Waals surface area (Å²) >= 11 is 0. The van der Waals surface area contributed by atoms with Gasteiger partial charge in [0.25, 0.3) is 0 Å². The zero-order valence-electron chi connectivity index (χ0n) is 21.8. The van der Waals surface area contributed by atoms with Crippen molar-refractivity contribution in [3.8, 4) is 0 Å². The van der Waals surface area contributed by atoms with E-state index in [-0.39, 0.29) is 32.0 Å². The predicted molar refractivity (Wildman–Crippen MR) is 141 cm³/mol. The van der Waals surface area contributed by atoms with Crippen molar-refractivity contribution in [2.75, 3.05) is 31.6 Å². The molecule has 8 nitrogen and oxygen atoms in total. The number of rotatable bonds is 11. The number of pyridine rings is 1. The molecule has 0 saturated carbocycles. The number of aromatic nitrogens is 1. The van der Waals surface area contributed by atoms with Crippen LogP contribution in [-0.2, 0) is 38.5 Å². The number of amides is 1. The molecular formula is C29H39N3O5. The van der Waals surface area contributed by atoms with Crippen LogP contribution in [0.4, 0.5) is 5.82 Å². The van der Waals surface area contributed by atoms with Crippen molar-refractivity contribution in [3.05, 3.63) is 59.3 Å². The number of piperidine rings is 1. The van der Waals surface area contributed by atoms with Crippen LogP contribution in [0.25, 0.3) is 0 Å². The van der Waals surface area contributed by atoms with Crippen molar-refractivity contribution in [3.63, 3.8) is 0 Å². The molecule has 3 heterocycles. The highest BCUT2D eigenvalue weighted by Crippen LogP contribution is 2.30. The number of nitrogens with zero attached hydrogens (tertiary/aromatic N) is 2.